The Kier molecular flexibility index (Phi) is 4.45. The quantitative estimate of drug-likeness (QED) is 0.756. The van der Waals surface area contributed by atoms with Gasteiger partial charge in [-0.15, -0.1) is 0 Å². The van der Waals surface area contributed by atoms with Crippen molar-refractivity contribution in [3.8, 4) is 0 Å². The molecule has 0 radical (unpaired) electrons. The lowest BCUT2D eigenvalue weighted by molar-refractivity contribution is 0.350. The minimum Gasteiger partial charge on any atom is -0.338 e. The number of hydrogen-bond donors (Lipinski definition) is 0. The van der Waals surface area contributed by atoms with Gasteiger partial charge in [-0.05, 0) is 18.3 Å². The third-order valence-electron chi connectivity index (χ3n) is 3.92. The molecule has 0 spiro atoms. The Morgan fingerprint density at radius 2 is 2.25 bits per heavy atom. The molecule has 16 heavy (non-hydrogen) atoms. The third kappa shape index (κ3) is 2.88. The average molecular weight is 285 g/mol. The van der Waals surface area contributed by atoms with Crippen LogP contribution in [0.15, 0.2) is 12.4 Å². The molecule has 0 N–H and O–H groups in total. The van der Waals surface area contributed by atoms with Gasteiger partial charge in [0.1, 0.15) is 5.82 Å². The van der Waals surface area contributed by atoms with Gasteiger partial charge in [0.15, 0.2) is 0 Å². The summed E-state index contributed by atoms with van der Waals surface area (Å²) in [6.07, 6.45) is 12.1. The Balaban J connectivity index is 1.85. The van der Waals surface area contributed by atoms with E-state index in [1.54, 1.807) is 0 Å². The molecule has 1 aromatic heterocycles. The van der Waals surface area contributed by atoms with Gasteiger partial charge in [0.05, 0.1) is 0 Å². The maximum atomic E-state index is 4.40. The van der Waals surface area contributed by atoms with Crippen molar-refractivity contribution in [3.05, 3.63) is 18.2 Å². The number of hydrogen-bond acceptors (Lipinski definition) is 1. The lowest BCUT2D eigenvalue weighted by Crippen LogP contribution is -2.15. The van der Waals surface area contributed by atoms with Crippen molar-refractivity contribution in [2.75, 3.05) is 5.33 Å². The third-order valence-corrected chi connectivity index (χ3v) is 4.76. The molecule has 0 saturated heterocycles. The predicted octanol–water partition coefficient (Wildman–Crippen LogP) is 3.55. The second-order valence-corrected chi connectivity index (χ2v) is 5.60. The Bertz CT molecular complexity index is 315. The summed E-state index contributed by atoms with van der Waals surface area (Å²) >= 11 is 3.68. The maximum Gasteiger partial charge on any atom is 0.108 e. The summed E-state index contributed by atoms with van der Waals surface area (Å²) in [6, 6.07) is 0. The first-order valence-electron chi connectivity index (χ1n) is 6.33. The van der Waals surface area contributed by atoms with Gasteiger partial charge in [-0.2, -0.15) is 0 Å². The minimum atomic E-state index is 0.846. The van der Waals surface area contributed by atoms with Gasteiger partial charge >= 0.3 is 0 Å². The minimum absolute atomic E-state index is 0.846. The highest BCUT2D eigenvalue weighted by atomic mass is 79.9. The van der Waals surface area contributed by atoms with Crippen molar-refractivity contribution >= 4 is 15.9 Å². The molecule has 0 amide bonds. The number of alkyl halides is 1. The van der Waals surface area contributed by atoms with Crippen LogP contribution < -0.4 is 0 Å². The van der Waals surface area contributed by atoms with Crippen LogP contribution in [0.5, 0.6) is 0 Å². The highest BCUT2D eigenvalue weighted by Crippen LogP contribution is 2.34. The average Bonchev–Trinajstić information content (AvgIpc) is 2.92. The molecule has 2 nitrogen and oxygen atoms in total. The van der Waals surface area contributed by atoms with E-state index < -0.39 is 0 Å². The van der Waals surface area contributed by atoms with E-state index in [0.717, 1.165) is 23.6 Å². The van der Waals surface area contributed by atoms with Crippen LogP contribution in [-0.4, -0.2) is 14.9 Å². The van der Waals surface area contributed by atoms with Crippen LogP contribution in [0.2, 0.25) is 0 Å². The number of aryl methyl sites for hydroxylation is 2. The molecule has 1 aromatic rings. The molecule has 90 valence electrons. The Morgan fingerprint density at radius 1 is 1.50 bits per heavy atom. The van der Waals surface area contributed by atoms with E-state index in [-0.39, 0.29) is 0 Å². The van der Waals surface area contributed by atoms with Crippen LogP contribution >= 0.6 is 15.9 Å². The normalized spacial score (nSPS) is 19.1. The first kappa shape index (κ1) is 12.2. The first-order valence-corrected chi connectivity index (χ1v) is 7.45. The van der Waals surface area contributed by atoms with Crippen molar-refractivity contribution in [2.24, 2.45) is 18.9 Å². The number of imidazole rings is 1. The summed E-state index contributed by atoms with van der Waals surface area (Å²) in [5, 5.41) is 1.15. The van der Waals surface area contributed by atoms with Gasteiger partial charge in [-0.1, -0.05) is 41.6 Å². The van der Waals surface area contributed by atoms with E-state index in [4.69, 9.17) is 0 Å². The van der Waals surface area contributed by atoms with Gasteiger partial charge in [0.25, 0.3) is 0 Å². The second-order valence-electron chi connectivity index (χ2n) is 4.95. The number of rotatable bonds is 5. The van der Waals surface area contributed by atoms with E-state index in [0.29, 0.717) is 0 Å². The van der Waals surface area contributed by atoms with Gasteiger partial charge in [0, 0.05) is 31.2 Å². The van der Waals surface area contributed by atoms with E-state index in [1.165, 1.54) is 37.9 Å². The van der Waals surface area contributed by atoms with Crippen molar-refractivity contribution in [2.45, 2.75) is 38.5 Å². The summed E-state index contributed by atoms with van der Waals surface area (Å²) in [5.74, 6) is 3.03. The summed E-state index contributed by atoms with van der Waals surface area (Å²) in [7, 11) is 2.08. The molecule has 1 aliphatic rings. The molecule has 1 unspecified atom stereocenters. The molecule has 1 saturated carbocycles. The molecule has 1 heterocycles. The summed E-state index contributed by atoms with van der Waals surface area (Å²) in [6.45, 7) is 0. The topological polar surface area (TPSA) is 17.8 Å². The molecule has 3 heteroatoms. The Morgan fingerprint density at radius 3 is 2.81 bits per heavy atom. The smallest absolute Gasteiger partial charge is 0.108 e. The predicted molar refractivity (Wildman–Crippen MR) is 70.8 cm³/mol. The largest absolute Gasteiger partial charge is 0.338 e. The fraction of sp³-hybridized carbons (Fsp3) is 0.769. The molecule has 1 atom stereocenters. The maximum absolute atomic E-state index is 4.40. The molecule has 1 fully saturated rings. The molecular formula is C13H21BrN2. The highest BCUT2D eigenvalue weighted by molar-refractivity contribution is 9.09. The van der Waals surface area contributed by atoms with Gasteiger partial charge in [-0.3, -0.25) is 0 Å². The van der Waals surface area contributed by atoms with Gasteiger partial charge in [0.2, 0.25) is 0 Å². The van der Waals surface area contributed by atoms with Crippen LogP contribution in [0.4, 0.5) is 0 Å². The van der Waals surface area contributed by atoms with E-state index in [1.807, 2.05) is 12.4 Å². The molecular weight excluding hydrogens is 264 g/mol. The Hall–Kier alpha value is -0.310. The standard InChI is InChI=1S/C13H21BrN2/c1-16-9-8-15-13(16)7-6-12(10-14)11-4-2-3-5-11/h8-9,11-12H,2-7,10H2,1H3. The second kappa shape index (κ2) is 5.85. The lowest BCUT2D eigenvalue weighted by Gasteiger charge is -2.20. The zero-order chi connectivity index (χ0) is 11.4. The number of halogens is 1. The SMILES string of the molecule is Cn1ccnc1CCC(CBr)C1CCCC1. The molecule has 0 bridgehead atoms. The summed E-state index contributed by atoms with van der Waals surface area (Å²) in [5.41, 5.74) is 0. The van der Waals surface area contributed by atoms with Crippen LogP contribution in [0.1, 0.15) is 37.9 Å². The van der Waals surface area contributed by atoms with E-state index >= 15 is 0 Å². The van der Waals surface area contributed by atoms with E-state index in [9.17, 15) is 0 Å². The molecule has 2 rings (SSSR count). The molecule has 0 aliphatic heterocycles. The number of aromatic nitrogens is 2. The first-order chi connectivity index (χ1) is 7.81. The van der Waals surface area contributed by atoms with Crippen LogP contribution in [0.3, 0.4) is 0 Å². The fourth-order valence-electron chi connectivity index (χ4n) is 2.82. The summed E-state index contributed by atoms with van der Waals surface area (Å²) < 4.78 is 2.14. The van der Waals surface area contributed by atoms with Crippen LogP contribution in [0.25, 0.3) is 0 Å². The highest BCUT2D eigenvalue weighted by Gasteiger charge is 2.24. The summed E-state index contributed by atoms with van der Waals surface area (Å²) in [4.78, 5) is 4.40. The zero-order valence-electron chi connectivity index (χ0n) is 10.0. The molecule has 1 aliphatic carbocycles. The van der Waals surface area contributed by atoms with Crippen molar-refractivity contribution in [1.82, 2.24) is 9.55 Å². The van der Waals surface area contributed by atoms with Crippen molar-refractivity contribution < 1.29 is 0 Å². The van der Waals surface area contributed by atoms with Crippen LogP contribution in [0, 0.1) is 11.8 Å². The zero-order valence-corrected chi connectivity index (χ0v) is 11.6. The van der Waals surface area contributed by atoms with Crippen molar-refractivity contribution in [1.29, 1.82) is 0 Å². The van der Waals surface area contributed by atoms with Crippen molar-refractivity contribution in [3.63, 3.8) is 0 Å². The fourth-order valence-corrected chi connectivity index (χ4v) is 3.67. The Labute approximate surface area is 107 Å². The number of nitrogens with zero attached hydrogens (tertiary/aromatic N) is 2. The lowest BCUT2D eigenvalue weighted by atomic mass is 9.89. The van der Waals surface area contributed by atoms with Gasteiger partial charge < -0.3 is 4.57 Å². The monoisotopic (exact) mass is 284 g/mol. The van der Waals surface area contributed by atoms with Gasteiger partial charge in [-0.25, -0.2) is 4.98 Å². The molecule has 0 aromatic carbocycles. The van der Waals surface area contributed by atoms with Crippen LogP contribution in [-0.2, 0) is 13.5 Å². The van der Waals surface area contributed by atoms with E-state index in [2.05, 4.69) is 32.5 Å².